The van der Waals surface area contributed by atoms with Crippen LogP contribution in [-0.4, -0.2) is 37.1 Å². The highest BCUT2D eigenvalue weighted by Crippen LogP contribution is 2.19. The maximum atomic E-state index is 12.0. The number of hydrogen-bond donors (Lipinski definition) is 2. The van der Waals surface area contributed by atoms with E-state index in [1.54, 1.807) is 6.20 Å². The molecule has 1 amide bonds. The number of nitrogens with one attached hydrogen (secondary N) is 2. The minimum absolute atomic E-state index is 0. The van der Waals surface area contributed by atoms with Gasteiger partial charge in [0, 0.05) is 19.5 Å². The third kappa shape index (κ3) is 5.83. The zero-order valence-corrected chi connectivity index (χ0v) is 14.9. The average Bonchev–Trinajstić information content (AvgIpc) is 3.02. The summed E-state index contributed by atoms with van der Waals surface area (Å²) in [5, 5.41) is 6.24. The maximum Gasteiger partial charge on any atom is 0.224 e. The van der Waals surface area contributed by atoms with Gasteiger partial charge in [-0.25, -0.2) is 4.98 Å². The number of halogens is 2. The molecule has 2 aliphatic heterocycles. The summed E-state index contributed by atoms with van der Waals surface area (Å²) in [6.45, 7) is 4.17. The monoisotopic (exact) mass is 360 g/mol. The van der Waals surface area contributed by atoms with E-state index >= 15 is 0 Å². The fraction of sp³-hybridized carbons (Fsp3) is 0.625. The van der Waals surface area contributed by atoms with Crippen molar-refractivity contribution < 1.29 is 4.79 Å². The molecule has 2 fully saturated rings. The zero-order chi connectivity index (χ0) is 14.5. The van der Waals surface area contributed by atoms with Crippen molar-refractivity contribution in [3.8, 4) is 0 Å². The molecule has 7 heteroatoms. The number of aromatic nitrogens is 1. The zero-order valence-electron chi connectivity index (χ0n) is 13.3. The quantitative estimate of drug-likeness (QED) is 0.866. The Hall–Kier alpha value is -1.04. The lowest BCUT2D eigenvalue weighted by molar-refractivity contribution is -0.116. The molecule has 0 aromatic carbocycles. The van der Waals surface area contributed by atoms with E-state index < -0.39 is 0 Å². The molecular weight excluding hydrogens is 335 g/mol. The fourth-order valence-corrected chi connectivity index (χ4v) is 3.13. The number of pyridine rings is 1. The lowest BCUT2D eigenvalue weighted by Crippen LogP contribution is -2.30. The largest absolute Gasteiger partial charge is 0.357 e. The minimum Gasteiger partial charge on any atom is -0.357 e. The highest BCUT2D eigenvalue weighted by molar-refractivity contribution is 5.90. The predicted molar refractivity (Wildman–Crippen MR) is 99.0 cm³/mol. The molecule has 23 heavy (non-hydrogen) atoms. The Morgan fingerprint density at radius 1 is 1.26 bits per heavy atom. The lowest BCUT2D eigenvalue weighted by Gasteiger charge is -2.27. The summed E-state index contributed by atoms with van der Waals surface area (Å²) < 4.78 is 0. The van der Waals surface area contributed by atoms with Gasteiger partial charge in [0.2, 0.25) is 5.91 Å². The summed E-state index contributed by atoms with van der Waals surface area (Å²) in [5.74, 6) is 1.59. The summed E-state index contributed by atoms with van der Waals surface area (Å²) >= 11 is 0. The van der Waals surface area contributed by atoms with Crippen LogP contribution < -0.4 is 15.5 Å². The van der Waals surface area contributed by atoms with E-state index in [9.17, 15) is 4.79 Å². The topological polar surface area (TPSA) is 57.3 Å². The Morgan fingerprint density at radius 2 is 2.04 bits per heavy atom. The molecule has 0 aliphatic carbocycles. The van der Waals surface area contributed by atoms with E-state index in [-0.39, 0.29) is 30.7 Å². The lowest BCUT2D eigenvalue weighted by atomic mass is 10.0. The molecule has 5 nitrogen and oxygen atoms in total. The summed E-state index contributed by atoms with van der Waals surface area (Å²) in [6.07, 6.45) is 7.28. The van der Waals surface area contributed by atoms with Gasteiger partial charge in [-0.3, -0.25) is 4.79 Å². The van der Waals surface area contributed by atoms with Crippen molar-refractivity contribution in [2.45, 2.75) is 32.1 Å². The van der Waals surface area contributed by atoms with Gasteiger partial charge in [0.25, 0.3) is 0 Å². The third-order valence-electron chi connectivity index (χ3n) is 4.35. The molecule has 1 aromatic rings. The standard InChI is InChI=1S/C16H24N4O.2ClH/c21-16(10-13-6-7-17-11-13)19-14-4-5-15(18-12-14)20-8-2-1-3-9-20;;/h4-5,12-13,17H,1-3,6-11H2,(H,19,21);2*1H. The van der Waals surface area contributed by atoms with Gasteiger partial charge in [-0.05, 0) is 56.8 Å². The van der Waals surface area contributed by atoms with Crippen LogP contribution in [0.4, 0.5) is 11.5 Å². The molecule has 2 saturated heterocycles. The highest BCUT2D eigenvalue weighted by atomic mass is 35.5. The van der Waals surface area contributed by atoms with Gasteiger partial charge in [0.1, 0.15) is 5.82 Å². The molecule has 0 radical (unpaired) electrons. The smallest absolute Gasteiger partial charge is 0.224 e. The Bertz CT molecular complexity index is 471. The van der Waals surface area contributed by atoms with Crippen LogP contribution in [0.3, 0.4) is 0 Å². The summed E-state index contributed by atoms with van der Waals surface area (Å²) in [6, 6.07) is 3.97. The number of hydrogen-bond acceptors (Lipinski definition) is 4. The molecule has 3 heterocycles. The van der Waals surface area contributed by atoms with E-state index in [0.29, 0.717) is 12.3 Å². The van der Waals surface area contributed by atoms with Crippen molar-refractivity contribution in [2.24, 2.45) is 5.92 Å². The number of piperidine rings is 1. The minimum atomic E-state index is 0. The number of carbonyl (C=O) groups is 1. The third-order valence-corrected chi connectivity index (χ3v) is 4.35. The normalized spacial score (nSPS) is 20.3. The molecule has 3 rings (SSSR count). The first-order chi connectivity index (χ1) is 10.3. The number of nitrogens with zero attached hydrogens (tertiary/aromatic N) is 2. The fourth-order valence-electron chi connectivity index (χ4n) is 3.13. The number of anilines is 2. The first-order valence-corrected chi connectivity index (χ1v) is 8.03. The van der Waals surface area contributed by atoms with E-state index in [4.69, 9.17) is 0 Å². The van der Waals surface area contributed by atoms with Crippen LogP contribution in [0.2, 0.25) is 0 Å². The van der Waals surface area contributed by atoms with Gasteiger partial charge >= 0.3 is 0 Å². The Morgan fingerprint density at radius 3 is 2.65 bits per heavy atom. The highest BCUT2D eigenvalue weighted by Gasteiger charge is 2.18. The van der Waals surface area contributed by atoms with Crippen LogP contribution in [0.5, 0.6) is 0 Å². The maximum absolute atomic E-state index is 12.0. The van der Waals surface area contributed by atoms with Crippen molar-refractivity contribution in [1.82, 2.24) is 10.3 Å². The van der Waals surface area contributed by atoms with Crippen molar-refractivity contribution >= 4 is 42.2 Å². The molecule has 1 unspecified atom stereocenters. The Balaban J connectivity index is 0.00000132. The van der Waals surface area contributed by atoms with Crippen LogP contribution in [0.1, 0.15) is 32.1 Å². The van der Waals surface area contributed by atoms with Gasteiger partial charge in [0.15, 0.2) is 0 Å². The second kappa shape index (κ2) is 9.96. The van der Waals surface area contributed by atoms with Crippen molar-refractivity contribution in [2.75, 3.05) is 36.4 Å². The van der Waals surface area contributed by atoms with E-state index in [0.717, 1.165) is 44.1 Å². The molecular formula is C16H26Cl2N4O. The Kier molecular flexibility index (Phi) is 8.66. The van der Waals surface area contributed by atoms with Crippen LogP contribution in [0, 0.1) is 5.92 Å². The van der Waals surface area contributed by atoms with Crippen molar-refractivity contribution in [3.63, 3.8) is 0 Å². The average molecular weight is 361 g/mol. The van der Waals surface area contributed by atoms with Gasteiger partial charge in [-0.1, -0.05) is 0 Å². The summed E-state index contributed by atoms with van der Waals surface area (Å²) in [4.78, 5) is 18.8. The first kappa shape index (κ1) is 20.0. The van der Waals surface area contributed by atoms with Crippen LogP contribution in [0.15, 0.2) is 18.3 Å². The molecule has 0 spiro atoms. The Labute approximate surface area is 150 Å². The number of carbonyl (C=O) groups excluding carboxylic acids is 1. The number of amides is 1. The van der Waals surface area contributed by atoms with Crippen molar-refractivity contribution in [3.05, 3.63) is 18.3 Å². The molecule has 130 valence electrons. The SMILES string of the molecule is Cl.Cl.O=C(CC1CCNC1)Nc1ccc(N2CCCCC2)nc1. The van der Waals surface area contributed by atoms with Gasteiger partial charge in [-0.15, -0.1) is 24.8 Å². The summed E-state index contributed by atoms with van der Waals surface area (Å²) in [7, 11) is 0. The molecule has 2 N–H and O–H groups in total. The summed E-state index contributed by atoms with van der Waals surface area (Å²) in [5.41, 5.74) is 0.798. The van der Waals surface area contributed by atoms with Crippen LogP contribution in [-0.2, 0) is 4.79 Å². The van der Waals surface area contributed by atoms with Gasteiger partial charge < -0.3 is 15.5 Å². The van der Waals surface area contributed by atoms with E-state index in [1.807, 2.05) is 12.1 Å². The van der Waals surface area contributed by atoms with Crippen LogP contribution >= 0.6 is 24.8 Å². The first-order valence-electron chi connectivity index (χ1n) is 8.03. The van der Waals surface area contributed by atoms with E-state index in [2.05, 4.69) is 20.5 Å². The second-order valence-electron chi connectivity index (χ2n) is 6.06. The molecule has 2 aliphatic rings. The van der Waals surface area contributed by atoms with E-state index in [1.165, 1.54) is 19.3 Å². The molecule has 1 atom stereocenters. The predicted octanol–water partition coefficient (Wildman–Crippen LogP) is 2.85. The molecule has 0 bridgehead atoms. The molecule has 1 aromatic heterocycles. The van der Waals surface area contributed by atoms with Gasteiger partial charge in [0.05, 0.1) is 11.9 Å². The number of rotatable bonds is 4. The van der Waals surface area contributed by atoms with Crippen molar-refractivity contribution in [1.29, 1.82) is 0 Å². The van der Waals surface area contributed by atoms with Crippen LogP contribution in [0.25, 0.3) is 0 Å². The molecule has 0 saturated carbocycles. The second-order valence-corrected chi connectivity index (χ2v) is 6.06. The van der Waals surface area contributed by atoms with Gasteiger partial charge in [-0.2, -0.15) is 0 Å².